The first-order chi connectivity index (χ1) is 15.3. The Balaban J connectivity index is 1.66. The van der Waals surface area contributed by atoms with Crippen molar-refractivity contribution in [3.63, 3.8) is 0 Å². The van der Waals surface area contributed by atoms with E-state index in [0.717, 1.165) is 19.3 Å². The van der Waals surface area contributed by atoms with Crippen LogP contribution in [-0.4, -0.2) is 47.8 Å². The second-order valence-corrected chi connectivity index (χ2v) is 9.93. The summed E-state index contributed by atoms with van der Waals surface area (Å²) in [5.74, 6) is -0.107. The Bertz CT molecular complexity index is 1240. The maximum Gasteiger partial charge on any atom is 0.275 e. The number of amides is 1. The van der Waals surface area contributed by atoms with Crippen LogP contribution >= 0.6 is 0 Å². The number of aromatic nitrogens is 2. The minimum absolute atomic E-state index is 0.121. The van der Waals surface area contributed by atoms with E-state index in [1.807, 2.05) is 32.0 Å². The highest BCUT2D eigenvalue weighted by Crippen LogP contribution is 2.31. The summed E-state index contributed by atoms with van der Waals surface area (Å²) in [6.07, 6.45) is 3.96. The van der Waals surface area contributed by atoms with Crippen molar-refractivity contribution in [3.8, 4) is 5.75 Å². The smallest absolute Gasteiger partial charge is 0.275 e. The van der Waals surface area contributed by atoms with E-state index in [1.165, 1.54) is 22.6 Å². The number of benzene rings is 2. The molecule has 8 nitrogen and oxygen atoms in total. The van der Waals surface area contributed by atoms with Gasteiger partial charge in [-0.05, 0) is 57.0 Å². The van der Waals surface area contributed by atoms with Crippen LogP contribution in [0.25, 0.3) is 11.0 Å². The minimum atomic E-state index is -3.66. The highest BCUT2D eigenvalue weighted by molar-refractivity contribution is 7.89. The summed E-state index contributed by atoms with van der Waals surface area (Å²) >= 11 is 0. The van der Waals surface area contributed by atoms with Crippen LogP contribution in [0.4, 0.5) is 5.69 Å². The van der Waals surface area contributed by atoms with Gasteiger partial charge in [-0.15, -0.1) is 0 Å². The van der Waals surface area contributed by atoms with Gasteiger partial charge < -0.3 is 10.1 Å². The fraction of sp³-hybridized carbons (Fsp3) is 0.348. The Morgan fingerprint density at radius 1 is 1.06 bits per heavy atom. The maximum absolute atomic E-state index is 13.1. The van der Waals surface area contributed by atoms with E-state index in [4.69, 9.17) is 4.74 Å². The van der Waals surface area contributed by atoms with Gasteiger partial charge in [0, 0.05) is 13.1 Å². The topological polar surface area (TPSA) is 101 Å². The molecule has 0 aliphatic carbocycles. The summed E-state index contributed by atoms with van der Waals surface area (Å²) in [4.78, 5) is 21.7. The molecule has 1 aliphatic rings. The summed E-state index contributed by atoms with van der Waals surface area (Å²) in [7, 11) is -3.66. The highest BCUT2D eigenvalue weighted by Gasteiger charge is 2.27. The number of para-hydroxylation sites is 2. The number of carbonyl (C=O) groups excluding carboxylic acids is 1. The van der Waals surface area contributed by atoms with Gasteiger partial charge in [0.05, 0.1) is 33.9 Å². The molecule has 2 aromatic carbocycles. The first kappa shape index (κ1) is 22.2. The van der Waals surface area contributed by atoms with Crippen molar-refractivity contribution in [2.75, 3.05) is 18.4 Å². The minimum Gasteiger partial charge on any atom is -0.489 e. The molecule has 1 N–H and O–H groups in total. The molecule has 1 saturated heterocycles. The molecule has 1 aromatic heterocycles. The quantitative estimate of drug-likeness (QED) is 0.607. The Kier molecular flexibility index (Phi) is 6.38. The van der Waals surface area contributed by atoms with E-state index in [-0.39, 0.29) is 22.4 Å². The molecule has 32 heavy (non-hydrogen) atoms. The zero-order chi connectivity index (χ0) is 22.7. The number of ether oxygens (including phenoxy) is 1. The summed E-state index contributed by atoms with van der Waals surface area (Å²) in [5.41, 5.74) is 1.68. The van der Waals surface area contributed by atoms with E-state index >= 15 is 0 Å². The summed E-state index contributed by atoms with van der Waals surface area (Å²) in [6, 6.07) is 11.8. The van der Waals surface area contributed by atoms with E-state index in [0.29, 0.717) is 29.9 Å². The number of nitrogens with one attached hydrogen (secondary N) is 1. The van der Waals surface area contributed by atoms with E-state index in [9.17, 15) is 13.2 Å². The van der Waals surface area contributed by atoms with Crippen LogP contribution in [0.1, 0.15) is 43.6 Å². The number of sulfonamides is 1. The third-order valence-corrected chi connectivity index (χ3v) is 7.09. The number of fused-ring (bicyclic) bond motifs is 1. The van der Waals surface area contributed by atoms with Crippen LogP contribution in [0.15, 0.2) is 53.6 Å². The third kappa shape index (κ3) is 4.73. The molecule has 0 radical (unpaired) electrons. The largest absolute Gasteiger partial charge is 0.489 e. The molecule has 168 valence electrons. The number of nitrogens with zero attached hydrogens (tertiary/aromatic N) is 3. The van der Waals surface area contributed by atoms with E-state index in [1.54, 1.807) is 12.1 Å². The number of carbonyl (C=O) groups is 1. The zero-order valence-electron chi connectivity index (χ0n) is 18.1. The van der Waals surface area contributed by atoms with Gasteiger partial charge in [0.2, 0.25) is 10.0 Å². The van der Waals surface area contributed by atoms with Gasteiger partial charge in [-0.3, -0.25) is 9.78 Å². The predicted octanol–water partition coefficient (Wildman–Crippen LogP) is 3.84. The average molecular weight is 455 g/mol. The van der Waals surface area contributed by atoms with Crippen molar-refractivity contribution in [2.45, 2.75) is 44.1 Å². The second-order valence-electron chi connectivity index (χ2n) is 7.99. The molecule has 0 bridgehead atoms. The normalized spacial score (nSPS) is 15.1. The monoisotopic (exact) mass is 454 g/mol. The van der Waals surface area contributed by atoms with Gasteiger partial charge in [0.15, 0.2) is 0 Å². The molecule has 1 aliphatic heterocycles. The molecule has 3 aromatic rings. The van der Waals surface area contributed by atoms with E-state index in [2.05, 4.69) is 15.3 Å². The Hall–Kier alpha value is -3.04. The molecule has 0 saturated carbocycles. The van der Waals surface area contributed by atoms with Gasteiger partial charge >= 0.3 is 0 Å². The molecule has 1 amide bonds. The molecule has 4 rings (SSSR count). The molecule has 2 heterocycles. The van der Waals surface area contributed by atoms with Crippen molar-refractivity contribution in [1.82, 2.24) is 14.3 Å². The molecular formula is C23H26N4O4S. The molecule has 0 atom stereocenters. The van der Waals surface area contributed by atoms with E-state index < -0.39 is 15.9 Å². The lowest BCUT2D eigenvalue weighted by Gasteiger charge is -2.26. The number of hydrogen-bond donors (Lipinski definition) is 1. The summed E-state index contributed by atoms with van der Waals surface area (Å²) < 4.78 is 33.6. The average Bonchev–Trinajstić information content (AvgIpc) is 2.80. The van der Waals surface area contributed by atoms with Crippen LogP contribution in [0.2, 0.25) is 0 Å². The number of hydrogen-bond acceptors (Lipinski definition) is 6. The predicted molar refractivity (Wildman–Crippen MR) is 122 cm³/mol. The van der Waals surface area contributed by atoms with Gasteiger partial charge in [-0.1, -0.05) is 18.6 Å². The van der Waals surface area contributed by atoms with Gasteiger partial charge in [-0.2, -0.15) is 4.31 Å². The maximum atomic E-state index is 13.1. The summed E-state index contributed by atoms with van der Waals surface area (Å²) in [5, 5.41) is 2.76. The fourth-order valence-electron chi connectivity index (χ4n) is 3.63. The second kappa shape index (κ2) is 9.22. The van der Waals surface area contributed by atoms with Gasteiger partial charge in [0.1, 0.15) is 11.4 Å². The molecule has 1 fully saturated rings. The van der Waals surface area contributed by atoms with Crippen LogP contribution in [-0.2, 0) is 10.0 Å². The Labute approximate surface area is 187 Å². The van der Waals surface area contributed by atoms with Crippen LogP contribution in [0.5, 0.6) is 5.75 Å². The van der Waals surface area contributed by atoms with Crippen molar-refractivity contribution in [1.29, 1.82) is 0 Å². The Morgan fingerprint density at radius 2 is 1.78 bits per heavy atom. The highest BCUT2D eigenvalue weighted by atomic mass is 32.2. The Morgan fingerprint density at radius 3 is 2.50 bits per heavy atom. The lowest BCUT2D eigenvalue weighted by atomic mass is 10.2. The van der Waals surface area contributed by atoms with Gasteiger partial charge in [-0.25, -0.2) is 13.4 Å². The fourth-order valence-corrected chi connectivity index (χ4v) is 5.18. The first-order valence-corrected chi connectivity index (χ1v) is 12.1. The van der Waals surface area contributed by atoms with Gasteiger partial charge in [0.25, 0.3) is 5.91 Å². The molecule has 9 heteroatoms. The lowest BCUT2D eigenvalue weighted by Crippen LogP contribution is -2.35. The van der Waals surface area contributed by atoms with Crippen LogP contribution < -0.4 is 10.1 Å². The third-order valence-electron chi connectivity index (χ3n) is 5.20. The lowest BCUT2D eigenvalue weighted by molar-refractivity contribution is 0.102. The van der Waals surface area contributed by atoms with Crippen molar-refractivity contribution >= 4 is 32.7 Å². The van der Waals surface area contributed by atoms with Crippen LogP contribution in [0, 0.1) is 0 Å². The van der Waals surface area contributed by atoms with Crippen molar-refractivity contribution in [2.24, 2.45) is 0 Å². The SMILES string of the molecule is CC(C)Oc1ccc(S(=O)(=O)N2CCCCC2)cc1NC(=O)c1cnc2ccccc2n1. The molecule has 0 spiro atoms. The zero-order valence-corrected chi connectivity index (χ0v) is 18.9. The first-order valence-electron chi connectivity index (χ1n) is 10.7. The number of rotatable bonds is 6. The standard InChI is InChI=1S/C23H26N4O4S/c1-16(2)31-22-11-10-17(32(29,30)27-12-6-3-7-13-27)14-20(22)26-23(28)21-15-24-18-8-4-5-9-19(18)25-21/h4-5,8-11,14-16H,3,6-7,12-13H2,1-2H3,(H,26,28). The van der Waals surface area contributed by atoms with Crippen molar-refractivity contribution in [3.05, 3.63) is 54.4 Å². The molecule has 0 unspecified atom stereocenters. The number of anilines is 1. The molecular weight excluding hydrogens is 428 g/mol. The number of piperidine rings is 1. The van der Waals surface area contributed by atoms with Crippen molar-refractivity contribution < 1.29 is 17.9 Å². The van der Waals surface area contributed by atoms with Crippen LogP contribution in [0.3, 0.4) is 0 Å². The summed E-state index contributed by atoms with van der Waals surface area (Å²) in [6.45, 7) is 4.72.